The summed E-state index contributed by atoms with van der Waals surface area (Å²) in [6.45, 7) is 6.04. The third kappa shape index (κ3) is 4.90. The third-order valence-electron chi connectivity index (χ3n) is 5.56. The van der Waals surface area contributed by atoms with Crippen LogP contribution in [0, 0.1) is 6.92 Å². The first-order valence-electron chi connectivity index (χ1n) is 10.9. The van der Waals surface area contributed by atoms with Crippen LogP contribution in [0.1, 0.15) is 11.4 Å². The summed E-state index contributed by atoms with van der Waals surface area (Å²) < 4.78 is 32.3. The molecule has 0 N–H and O–H groups in total. The third-order valence-corrected chi connectivity index (χ3v) is 5.56. The van der Waals surface area contributed by atoms with Gasteiger partial charge in [0.05, 0.1) is 17.6 Å². The second-order valence-electron chi connectivity index (χ2n) is 7.76. The number of carbonyl (C=O) groups excluding carboxylic acids is 2. The first-order chi connectivity index (χ1) is 17.3. The number of imidazole rings is 1. The number of anilines is 1. The Balaban J connectivity index is 1.70. The summed E-state index contributed by atoms with van der Waals surface area (Å²) in [6.07, 6.45) is 3.60. The summed E-state index contributed by atoms with van der Waals surface area (Å²) in [4.78, 5) is 34.0. The van der Waals surface area contributed by atoms with Gasteiger partial charge in [0.2, 0.25) is 0 Å². The van der Waals surface area contributed by atoms with Crippen molar-refractivity contribution in [2.75, 3.05) is 4.90 Å². The van der Waals surface area contributed by atoms with Gasteiger partial charge in [0.1, 0.15) is 17.4 Å². The van der Waals surface area contributed by atoms with E-state index in [1.54, 1.807) is 36.5 Å². The molecule has 0 saturated carbocycles. The minimum absolute atomic E-state index is 0.109. The van der Waals surface area contributed by atoms with E-state index in [0.29, 0.717) is 11.4 Å². The van der Waals surface area contributed by atoms with Crippen molar-refractivity contribution in [1.82, 2.24) is 14.5 Å². The molecule has 0 atom stereocenters. The number of aryl methyl sites for hydroxylation is 1. The Kier molecular flexibility index (Phi) is 7.00. The second-order valence-corrected chi connectivity index (χ2v) is 7.76. The molecule has 2 amide bonds. The fourth-order valence-electron chi connectivity index (χ4n) is 3.84. The van der Waals surface area contributed by atoms with Crippen LogP contribution in [0.4, 0.5) is 14.6 Å². The van der Waals surface area contributed by atoms with Gasteiger partial charge in [0, 0.05) is 17.3 Å². The van der Waals surface area contributed by atoms with E-state index < -0.39 is 18.4 Å². The van der Waals surface area contributed by atoms with Gasteiger partial charge in [0.15, 0.2) is 0 Å². The van der Waals surface area contributed by atoms with E-state index in [2.05, 4.69) is 27.9 Å². The molecular weight excluding hydrogens is 466 g/mol. The maximum Gasteiger partial charge on any atom is 0.387 e. The highest BCUT2D eigenvalue weighted by atomic mass is 19.3. The Labute approximate surface area is 206 Å². The first-order valence-corrected chi connectivity index (χ1v) is 10.9. The van der Waals surface area contributed by atoms with Crippen LogP contribution in [-0.4, -0.2) is 33.0 Å². The number of benzene rings is 2. The van der Waals surface area contributed by atoms with Crippen LogP contribution in [0.2, 0.25) is 0 Å². The molecule has 0 aliphatic carbocycles. The van der Waals surface area contributed by atoms with Gasteiger partial charge in [-0.3, -0.25) is 9.59 Å². The highest BCUT2D eigenvalue weighted by Crippen LogP contribution is 2.28. The normalized spacial score (nSPS) is 10.9. The molecule has 0 bridgehead atoms. The molecule has 36 heavy (non-hydrogen) atoms. The van der Waals surface area contributed by atoms with Crippen LogP contribution in [0.3, 0.4) is 0 Å². The van der Waals surface area contributed by atoms with Crippen LogP contribution in [-0.2, 0) is 16.1 Å². The summed E-state index contributed by atoms with van der Waals surface area (Å²) in [5.74, 6) is -0.262. The molecule has 2 heterocycles. The largest absolute Gasteiger partial charge is 0.434 e. The summed E-state index contributed by atoms with van der Waals surface area (Å²) >= 11 is 0. The molecule has 2 aromatic heterocycles. The van der Waals surface area contributed by atoms with E-state index in [9.17, 15) is 18.4 Å². The van der Waals surface area contributed by atoms with E-state index in [1.165, 1.54) is 6.07 Å². The fraction of sp³-hybridized carbons (Fsp3) is 0.111. The zero-order valence-electron chi connectivity index (χ0n) is 19.4. The lowest BCUT2D eigenvalue weighted by atomic mass is 10.1. The predicted molar refractivity (Wildman–Crippen MR) is 133 cm³/mol. The fourth-order valence-corrected chi connectivity index (χ4v) is 3.84. The quantitative estimate of drug-likeness (QED) is 0.315. The molecule has 0 unspecified atom stereocenters. The lowest BCUT2D eigenvalue weighted by molar-refractivity contribution is -0.121. The zero-order chi connectivity index (χ0) is 25.8. The van der Waals surface area contributed by atoms with Crippen molar-refractivity contribution in [3.63, 3.8) is 0 Å². The second kappa shape index (κ2) is 10.3. The molecule has 0 aliphatic heterocycles. The number of hydrogen-bond acceptors (Lipinski definition) is 5. The van der Waals surface area contributed by atoms with Crippen LogP contribution in [0.5, 0.6) is 5.75 Å². The van der Waals surface area contributed by atoms with Crippen molar-refractivity contribution in [3.05, 3.63) is 97.5 Å². The molecule has 0 radical (unpaired) electrons. The highest BCUT2D eigenvalue weighted by molar-refractivity contribution is 6.21. The van der Waals surface area contributed by atoms with Gasteiger partial charge in [0.25, 0.3) is 11.8 Å². The van der Waals surface area contributed by atoms with Gasteiger partial charge in [-0.15, -0.1) is 0 Å². The molecule has 0 fully saturated rings. The zero-order valence-corrected chi connectivity index (χ0v) is 19.4. The van der Waals surface area contributed by atoms with E-state index in [4.69, 9.17) is 0 Å². The van der Waals surface area contributed by atoms with Crippen LogP contribution < -0.4 is 9.64 Å². The number of aromatic nitrogens is 3. The molecular formula is C27H22F2N4O3. The van der Waals surface area contributed by atoms with Crippen molar-refractivity contribution >= 4 is 28.7 Å². The monoisotopic (exact) mass is 488 g/mol. The number of halogens is 2. The van der Waals surface area contributed by atoms with E-state index in [1.807, 2.05) is 29.7 Å². The average Bonchev–Trinajstić information content (AvgIpc) is 3.19. The lowest BCUT2D eigenvalue weighted by Crippen LogP contribution is -2.34. The number of carbonyl (C=O) groups is 2. The van der Waals surface area contributed by atoms with Crippen molar-refractivity contribution in [3.8, 4) is 16.9 Å². The number of rotatable bonds is 8. The number of imide groups is 1. The number of nitrogens with zero attached hydrogens (tertiary/aromatic N) is 4. The van der Waals surface area contributed by atoms with Gasteiger partial charge in [-0.1, -0.05) is 37.4 Å². The smallest absolute Gasteiger partial charge is 0.387 e. The van der Waals surface area contributed by atoms with Crippen LogP contribution >= 0.6 is 0 Å². The molecule has 0 aliphatic rings. The minimum Gasteiger partial charge on any atom is -0.434 e. The topological polar surface area (TPSA) is 77.3 Å². The van der Waals surface area contributed by atoms with Gasteiger partial charge in [-0.2, -0.15) is 8.78 Å². The number of hydrogen-bond donors (Lipinski definition) is 0. The number of pyridine rings is 1. The van der Waals surface area contributed by atoms with Gasteiger partial charge in [-0.25, -0.2) is 14.9 Å². The standard InChI is InChI=1S/C27H22F2N4O3/c1-4-25(34)33(26(35)5-2)24-13-11-19(15-30-24)18-10-12-21-22(14-18)32(17(3)31-21)16-20-8-6-7-9-23(20)36-27(28)29/h4-15,27H,1-2,16H2,3H3. The molecule has 7 nitrogen and oxygen atoms in total. The number of fused-ring (bicyclic) bond motifs is 1. The molecule has 0 spiro atoms. The number of ether oxygens (including phenoxy) is 1. The molecule has 182 valence electrons. The molecule has 2 aromatic carbocycles. The van der Waals surface area contributed by atoms with Gasteiger partial charge < -0.3 is 9.30 Å². The van der Waals surface area contributed by atoms with Crippen LogP contribution in [0.15, 0.2) is 86.1 Å². The van der Waals surface area contributed by atoms with E-state index in [0.717, 1.165) is 39.2 Å². The number of amides is 2. The summed E-state index contributed by atoms with van der Waals surface area (Å²) in [5, 5.41) is 0. The molecule has 4 rings (SSSR count). The van der Waals surface area contributed by atoms with Crippen molar-refractivity contribution in [2.24, 2.45) is 0 Å². The summed E-state index contributed by atoms with van der Waals surface area (Å²) in [7, 11) is 0. The SMILES string of the molecule is C=CC(=O)N(C(=O)C=C)c1ccc(-c2ccc3nc(C)n(Cc4ccccc4OC(F)F)c3c2)cn1. The Morgan fingerprint density at radius 3 is 2.39 bits per heavy atom. The number of para-hydroxylation sites is 1. The Bertz CT molecular complexity index is 1440. The van der Waals surface area contributed by atoms with Gasteiger partial charge >= 0.3 is 6.61 Å². The van der Waals surface area contributed by atoms with Crippen LogP contribution in [0.25, 0.3) is 22.2 Å². The Hall–Kier alpha value is -4.66. The molecule has 9 heteroatoms. The lowest BCUT2D eigenvalue weighted by Gasteiger charge is -2.16. The molecule has 4 aromatic rings. The predicted octanol–water partition coefficient (Wildman–Crippen LogP) is 5.29. The maximum atomic E-state index is 12.9. The summed E-state index contributed by atoms with van der Waals surface area (Å²) in [5.41, 5.74) is 3.69. The Morgan fingerprint density at radius 1 is 1.06 bits per heavy atom. The van der Waals surface area contributed by atoms with Gasteiger partial charge in [-0.05, 0) is 55.0 Å². The first kappa shape index (κ1) is 24.5. The minimum atomic E-state index is -2.92. The van der Waals surface area contributed by atoms with E-state index in [-0.39, 0.29) is 18.1 Å². The highest BCUT2D eigenvalue weighted by Gasteiger charge is 2.20. The average molecular weight is 488 g/mol. The maximum absolute atomic E-state index is 12.9. The molecule has 0 saturated heterocycles. The Morgan fingerprint density at radius 2 is 1.75 bits per heavy atom. The summed E-state index contributed by atoms with van der Waals surface area (Å²) in [6, 6.07) is 15.6. The van der Waals surface area contributed by atoms with E-state index >= 15 is 0 Å². The van der Waals surface area contributed by atoms with Crippen molar-refractivity contribution in [2.45, 2.75) is 20.1 Å². The van der Waals surface area contributed by atoms with Crippen molar-refractivity contribution in [1.29, 1.82) is 0 Å². The van der Waals surface area contributed by atoms with Crippen molar-refractivity contribution < 1.29 is 23.1 Å². The number of alkyl halides is 2.